The molecule has 2 aromatic heterocycles. The Balaban J connectivity index is 1.29. The van der Waals surface area contributed by atoms with Crippen molar-refractivity contribution in [1.29, 1.82) is 0 Å². The molecule has 0 aromatic carbocycles. The van der Waals surface area contributed by atoms with Gasteiger partial charge in [0, 0.05) is 69.0 Å². The summed E-state index contributed by atoms with van der Waals surface area (Å²) in [6, 6.07) is 4.04. The summed E-state index contributed by atoms with van der Waals surface area (Å²) in [7, 11) is 2.14. The molecular formula is C20H27N5O2. The van der Waals surface area contributed by atoms with Crippen LogP contribution in [-0.4, -0.2) is 79.6 Å². The van der Waals surface area contributed by atoms with Crippen molar-refractivity contribution in [2.24, 2.45) is 5.92 Å². The van der Waals surface area contributed by atoms with Gasteiger partial charge in [0.1, 0.15) is 11.3 Å². The van der Waals surface area contributed by atoms with Gasteiger partial charge in [0.15, 0.2) is 5.88 Å². The maximum absolute atomic E-state index is 12.7. The van der Waals surface area contributed by atoms with E-state index in [1.54, 1.807) is 12.3 Å². The Hall–Kier alpha value is -2.12. The molecule has 2 bridgehead atoms. The molecule has 3 fully saturated rings. The van der Waals surface area contributed by atoms with E-state index in [1.807, 2.05) is 6.07 Å². The van der Waals surface area contributed by atoms with Crippen molar-refractivity contribution in [3.63, 3.8) is 0 Å². The van der Waals surface area contributed by atoms with E-state index in [0.29, 0.717) is 5.69 Å². The second kappa shape index (κ2) is 6.80. The number of piperazine rings is 1. The van der Waals surface area contributed by atoms with Crippen molar-refractivity contribution in [3.8, 4) is 0 Å². The summed E-state index contributed by atoms with van der Waals surface area (Å²) in [5.74, 6) is 1.51. The SMILES string of the molecule is CN1CCN(c2cc3cnc(C(=O)N[C@@H]4C[C@@H]5CCN(C5)C4)cc3o2)CC1. The fourth-order valence-electron chi connectivity index (χ4n) is 4.65. The van der Waals surface area contributed by atoms with Gasteiger partial charge in [0.25, 0.3) is 5.91 Å². The minimum atomic E-state index is -0.0954. The third-order valence-corrected chi connectivity index (χ3v) is 6.24. The van der Waals surface area contributed by atoms with Gasteiger partial charge in [0.05, 0.1) is 0 Å². The summed E-state index contributed by atoms with van der Waals surface area (Å²) in [6.07, 6.45) is 4.10. The summed E-state index contributed by atoms with van der Waals surface area (Å²) in [5, 5.41) is 4.12. The van der Waals surface area contributed by atoms with Gasteiger partial charge in [-0.1, -0.05) is 0 Å². The first-order chi connectivity index (χ1) is 13.1. The zero-order chi connectivity index (χ0) is 18.4. The van der Waals surface area contributed by atoms with E-state index in [4.69, 9.17) is 4.42 Å². The summed E-state index contributed by atoms with van der Waals surface area (Å²) in [4.78, 5) is 24.1. The Labute approximate surface area is 159 Å². The lowest BCUT2D eigenvalue weighted by molar-refractivity contribution is 0.0904. The Kier molecular flexibility index (Phi) is 4.28. The van der Waals surface area contributed by atoms with E-state index in [0.717, 1.165) is 61.9 Å². The molecule has 3 atom stereocenters. The highest BCUT2D eigenvalue weighted by Gasteiger charge is 2.33. The second-order valence-electron chi connectivity index (χ2n) is 8.30. The molecule has 144 valence electrons. The molecule has 2 aromatic rings. The number of pyridine rings is 1. The van der Waals surface area contributed by atoms with Gasteiger partial charge in [-0.3, -0.25) is 9.78 Å². The smallest absolute Gasteiger partial charge is 0.270 e. The number of hydrogen-bond donors (Lipinski definition) is 1. The fraction of sp³-hybridized carbons (Fsp3) is 0.600. The Bertz CT molecular complexity index is 830. The molecule has 1 unspecified atom stereocenters. The van der Waals surface area contributed by atoms with E-state index in [9.17, 15) is 4.79 Å². The van der Waals surface area contributed by atoms with Gasteiger partial charge in [-0.2, -0.15) is 0 Å². The Morgan fingerprint density at radius 3 is 2.85 bits per heavy atom. The minimum absolute atomic E-state index is 0.0954. The zero-order valence-electron chi connectivity index (χ0n) is 15.9. The number of nitrogens with zero attached hydrogens (tertiary/aromatic N) is 4. The predicted octanol–water partition coefficient (Wildman–Crippen LogP) is 1.40. The molecule has 5 rings (SSSR count). The first-order valence-corrected chi connectivity index (χ1v) is 10.0. The highest BCUT2D eigenvalue weighted by Crippen LogP contribution is 2.28. The highest BCUT2D eigenvalue weighted by atomic mass is 16.4. The van der Waals surface area contributed by atoms with Crippen LogP contribution in [0.5, 0.6) is 0 Å². The van der Waals surface area contributed by atoms with Crippen molar-refractivity contribution in [1.82, 2.24) is 20.1 Å². The largest absolute Gasteiger partial charge is 0.440 e. The molecule has 1 N–H and O–H groups in total. The average Bonchev–Trinajstić information content (AvgIpc) is 3.24. The summed E-state index contributed by atoms with van der Waals surface area (Å²) < 4.78 is 6.05. The molecule has 3 saturated heterocycles. The molecule has 0 radical (unpaired) electrons. The van der Waals surface area contributed by atoms with Crippen molar-refractivity contribution >= 4 is 22.8 Å². The van der Waals surface area contributed by atoms with E-state index in [2.05, 4.69) is 32.0 Å². The number of fused-ring (bicyclic) bond motifs is 3. The Morgan fingerprint density at radius 1 is 1.19 bits per heavy atom. The topological polar surface area (TPSA) is 64.8 Å². The number of amides is 1. The van der Waals surface area contributed by atoms with Crippen LogP contribution < -0.4 is 10.2 Å². The van der Waals surface area contributed by atoms with Crippen LogP contribution in [0.1, 0.15) is 23.3 Å². The van der Waals surface area contributed by atoms with Crippen LogP contribution in [0.15, 0.2) is 22.7 Å². The maximum atomic E-state index is 12.7. The fourth-order valence-corrected chi connectivity index (χ4v) is 4.65. The number of piperidine rings is 1. The van der Waals surface area contributed by atoms with Crippen LogP contribution in [-0.2, 0) is 0 Å². The lowest BCUT2D eigenvalue weighted by atomic mass is 9.97. The lowest BCUT2D eigenvalue weighted by Crippen LogP contribution is -2.47. The van der Waals surface area contributed by atoms with Crippen LogP contribution in [0, 0.1) is 5.92 Å². The van der Waals surface area contributed by atoms with Crippen molar-refractivity contribution in [2.45, 2.75) is 18.9 Å². The van der Waals surface area contributed by atoms with E-state index < -0.39 is 0 Å². The Morgan fingerprint density at radius 2 is 2.04 bits per heavy atom. The lowest BCUT2D eigenvalue weighted by Gasteiger charge is -2.32. The van der Waals surface area contributed by atoms with Crippen molar-refractivity contribution in [2.75, 3.05) is 57.8 Å². The molecule has 7 nitrogen and oxygen atoms in total. The second-order valence-corrected chi connectivity index (χ2v) is 8.30. The first-order valence-electron chi connectivity index (χ1n) is 10.0. The van der Waals surface area contributed by atoms with Gasteiger partial charge >= 0.3 is 0 Å². The van der Waals surface area contributed by atoms with Crippen LogP contribution in [0.25, 0.3) is 11.0 Å². The summed E-state index contributed by atoms with van der Waals surface area (Å²) in [5.41, 5.74) is 1.17. The number of hydrogen-bond acceptors (Lipinski definition) is 6. The molecule has 3 aliphatic rings. The van der Waals surface area contributed by atoms with Gasteiger partial charge in [-0.25, -0.2) is 0 Å². The molecule has 3 aliphatic heterocycles. The zero-order valence-corrected chi connectivity index (χ0v) is 15.9. The number of likely N-dealkylation sites (N-methyl/N-ethyl adjacent to an activating group) is 1. The standard InChI is InChI=1S/C20H27N5O2/c1-23-4-6-25(7-5-23)19-9-15-11-21-17(10-18(15)27-19)20(26)22-16-8-14-2-3-24(12-14)13-16/h9-11,14,16H,2-8,12-13H2,1H3,(H,22,26)/t14-,16+/m0/s1. The molecule has 0 saturated carbocycles. The number of nitrogens with one attached hydrogen (secondary N) is 1. The normalized spacial score (nSPS) is 28.6. The maximum Gasteiger partial charge on any atom is 0.270 e. The van der Waals surface area contributed by atoms with Gasteiger partial charge < -0.3 is 24.4 Å². The molecule has 0 aliphatic carbocycles. The average molecular weight is 369 g/mol. The van der Waals surface area contributed by atoms with E-state index >= 15 is 0 Å². The van der Waals surface area contributed by atoms with Crippen molar-refractivity contribution in [3.05, 3.63) is 24.0 Å². The van der Waals surface area contributed by atoms with Gasteiger partial charge in [-0.05, 0) is 32.4 Å². The van der Waals surface area contributed by atoms with Crippen LogP contribution in [0.4, 0.5) is 5.88 Å². The molecule has 1 amide bonds. The number of rotatable bonds is 3. The summed E-state index contributed by atoms with van der Waals surface area (Å²) >= 11 is 0. The van der Waals surface area contributed by atoms with Gasteiger partial charge in [-0.15, -0.1) is 0 Å². The van der Waals surface area contributed by atoms with Crippen LogP contribution in [0.2, 0.25) is 0 Å². The first kappa shape index (κ1) is 17.0. The number of aromatic nitrogens is 1. The van der Waals surface area contributed by atoms with E-state index in [-0.39, 0.29) is 11.9 Å². The molecule has 0 spiro atoms. The highest BCUT2D eigenvalue weighted by molar-refractivity contribution is 5.95. The molecule has 27 heavy (non-hydrogen) atoms. The summed E-state index contributed by atoms with van der Waals surface area (Å²) in [6.45, 7) is 7.29. The van der Waals surface area contributed by atoms with Crippen LogP contribution >= 0.6 is 0 Å². The van der Waals surface area contributed by atoms with Crippen molar-refractivity contribution < 1.29 is 9.21 Å². The quantitative estimate of drug-likeness (QED) is 0.882. The van der Waals surface area contributed by atoms with Crippen LogP contribution in [0.3, 0.4) is 0 Å². The molecule has 7 heteroatoms. The minimum Gasteiger partial charge on any atom is -0.440 e. The third kappa shape index (κ3) is 3.41. The number of anilines is 1. The molecular weight excluding hydrogens is 342 g/mol. The number of carbonyl (C=O) groups is 1. The van der Waals surface area contributed by atoms with Gasteiger partial charge in [0.2, 0.25) is 0 Å². The molecule has 5 heterocycles. The van der Waals surface area contributed by atoms with E-state index in [1.165, 1.54) is 19.5 Å². The predicted molar refractivity (Wildman–Crippen MR) is 104 cm³/mol. The number of furan rings is 1. The third-order valence-electron chi connectivity index (χ3n) is 6.24. The number of carbonyl (C=O) groups excluding carboxylic acids is 1. The monoisotopic (exact) mass is 369 g/mol.